The number of benzene rings is 2. The molecule has 0 aliphatic heterocycles. The maximum Gasteiger partial charge on any atom is 0.258 e. The molecule has 1 aromatic heterocycles. The predicted molar refractivity (Wildman–Crippen MR) is 114 cm³/mol. The van der Waals surface area contributed by atoms with Crippen LogP contribution in [0.15, 0.2) is 58.4 Å². The van der Waals surface area contributed by atoms with Crippen molar-refractivity contribution in [3.05, 3.63) is 59.0 Å². The Morgan fingerprint density at radius 2 is 1.82 bits per heavy atom. The predicted octanol–water partition coefficient (Wildman–Crippen LogP) is 4.51. The van der Waals surface area contributed by atoms with Crippen molar-refractivity contribution in [2.24, 2.45) is 13.0 Å². The van der Waals surface area contributed by atoms with Gasteiger partial charge in [0, 0.05) is 39.9 Å². The van der Waals surface area contributed by atoms with Gasteiger partial charge in [-0.05, 0) is 48.4 Å². The van der Waals surface area contributed by atoms with Gasteiger partial charge in [-0.1, -0.05) is 32.0 Å². The average Bonchev–Trinajstić information content (AvgIpc) is 3.53. The van der Waals surface area contributed by atoms with Gasteiger partial charge in [0.1, 0.15) is 5.75 Å². The van der Waals surface area contributed by atoms with E-state index in [-0.39, 0.29) is 10.8 Å². The third kappa shape index (κ3) is 3.63. The van der Waals surface area contributed by atoms with Crippen LogP contribution in [0.25, 0.3) is 21.9 Å². The fourth-order valence-corrected chi connectivity index (χ4v) is 4.35. The summed E-state index contributed by atoms with van der Waals surface area (Å²) in [6, 6.07) is 13.4. The first kappa shape index (κ1) is 18.9. The lowest BCUT2D eigenvalue weighted by atomic mass is 10.00. The molecule has 1 fully saturated rings. The highest BCUT2D eigenvalue weighted by Crippen LogP contribution is 2.37. The second-order valence-electron chi connectivity index (χ2n) is 7.76. The first-order valence-corrected chi connectivity index (χ1v) is 10.9. The molecule has 1 aliphatic rings. The second-order valence-corrected chi connectivity index (χ2v) is 9.77. The highest BCUT2D eigenvalue weighted by atomic mass is 32.2. The van der Waals surface area contributed by atoms with Crippen molar-refractivity contribution in [1.82, 2.24) is 4.57 Å². The Hall–Kier alpha value is -2.40. The smallest absolute Gasteiger partial charge is 0.258 e. The summed E-state index contributed by atoms with van der Waals surface area (Å²) in [7, 11) is 0.668. The standard InChI is InChI=1S/C23H25NO3S/c1-15(2)28(26)17-10-11-22(27-14-16-8-9-16)20(12-17)21-13-24(3)23(25)19-7-5-4-6-18(19)21/h4-7,10-13,15-16H,8-9,14H2,1-3H3. The van der Waals surface area contributed by atoms with E-state index in [9.17, 15) is 9.00 Å². The number of ether oxygens (including phenoxy) is 1. The fourth-order valence-electron chi connectivity index (χ4n) is 3.37. The molecule has 0 spiro atoms. The molecule has 0 saturated heterocycles. The number of hydrogen-bond donors (Lipinski definition) is 0. The number of fused-ring (bicyclic) bond motifs is 1. The van der Waals surface area contributed by atoms with E-state index in [1.54, 1.807) is 11.6 Å². The minimum Gasteiger partial charge on any atom is -0.493 e. The number of pyridine rings is 1. The Morgan fingerprint density at radius 1 is 1.11 bits per heavy atom. The van der Waals surface area contributed by atoms with Gasteiger partial charge in [0.05, 0.1) is 17.4 Å². The maximum absolute atomic E-state index is 12.7. The molecule has 146 valence electrons. The molecule has 1 aliphatic carbocycles. The largest absolute Gasteiger partial charge is 0.493 e. The van der Waals surface area contributed by atoms with E-state index in [1.807, 2.05) is 62.5 Å². The van der Waals surface area contributed by atoms with Gasteiger partial charge in [-0.15, -0.1) is 0 Å². The van der Waals surface area contributed by atoms with Crippen LogP contribution in [0.5, 0.6) is 5.75 Å². The summed E-state index contributed by atoms with van der Waals surface area (Å²) < 4.78 is 20.5. The van der Waals surface area contributed by atoms with E-state index in [1.165, 1.54) is 12.8 Å². The first-order chi connectivity index (χ1) is 13.5. The van der Waals surface area contributed by atoms with E-state index >= 15 is 0 Å². The molecule has 4 nitrogen and oxygen atoms in total. The van der Waals surface area contributed by atoms with E-state index in [4.69, 9.17) is 4.74 Å². The number of nitrogens with zero attached hydrogens (tertiary/aromatic N) is 1. The quantitative estimate of drug-likeness (QED) is 0.617. The zero-order valence-corrected chi connectivity index (χ0v) is 17.3. The van der Waals surface area contributed by atoms with Crippen molar-refractivity contribution in [2.45, 2.75) is 36.8 Å². The SMILES string of the molecule is CC(C)S(=O)c1ccc(OCC2CC2)c(-c2cn(C)c(=O)c3ccccc23)c1. The van der Waals surface area contributed by atoms with Crippen LogP contribution >= 0.6 is 0 Å². The molecule has 5 heteroatoms. The maximum atomic E-state index is 12.7. The lowest BCUT2D eigenvalue weighted by Gasteiger charge is -2.16. The van der Waals surface area contributed by atoms with E-state index < -0.39 is 10.8 Å². The van der Waals surface area contributed by atoms with Crippen molar-refractivity contribution < 1.29 is 8.95 Å². The number of rotatable bonds is 6. The van der Waals surface area contributed by atoms with E-state index in [2.05, 4.69) is 0 Å². The third-order valence-corrected chi connectivity index (χ3v) is 6.74. The van der Waals surface area contributed by atoms with Crippen LogP contribution in [0.1, 0.15) is 26.7 Å². The molecule has 1 saturated carbocycles. The average molecular weight is 396 g/mol. The van der Waals surface area contributed by atoms with Crippen LogP contribution in [-0.2, 0) is 17.8 Å². The summed E-state index contributed by atoms with van der Waals surface area (Å²) in [5.74, 6) is 1.41. The Balaban J connectivity index is 1.92. The highest BCUT2D eigenvalue weighted by Gasteiger charge is 2.23. The topological polar surface area (TPSA) is 48.3 Å². The fraction of sp³-hybridized carbons (Fsp3) is 0.348. The Bertz CT molecular complexity index is 1110. The van der Waals surface area contributed by atoms with Gasteiger partial charge in [-0.2, -0.15) is 0 Å². The van der Waals surface area contributed by atoms with E-state index in [0.29, 0.717) is 17.9 Å². The van der Waals surface area contributed by atoms with Gasteiger partial charge in [0.15, 0.2) is 0 Å². The monoisotopic (exact) mass is 395 g/mol. The van der Waals surface area contributed by atoms with Gasteiger partial charge in [-0.3, -0.25) is 9.00 Å². The van der Waals surface area contributed by atoms with Crippen molar-refractivity contribution >= 4 is 21.6 Å². The van der Waals surface area contributed by atoms with Crippen molar-refractivity contribution in [3.8, 4) is 16.9 Å². The van der Waals surface area contributed by atoms with Crippen molar-refractivity contribution in [3.63, 3.8) is 0 Å². The summed E-state index contributed by atoms with van der Waals surface area (Å²) in [5, 5.41) is 1.59. The molecule has 0 N–H and O–H groups in total. The minimum absolute atomic E-state index is 0.0262. The molecule has 1 heterocycles. The first-order valence-electron chi connectivity index (χ1n) is 9.72. The molecule has 1 atom stereocenters. The van der Waals surface area contributed by atoms with Crippen LogP contribution in [0.2, 0.25) is 0 Å². The van der Waals surface area contributed by atoms with Crippen LogP contribution in [0, 0.1) is 5.92 Å². The molecule has 28 heavy (non-hydrogen) atoms. The van der Waals surface area contributed by atoms with Crippen LogP contribution < -0.4 is 10.3 Å². The molecular weight excluding hydrogens is 370 g/mol. The lowest BCUT2D eigenvalue weighted by molar-refractivity contribution is 0.301. The van der Waals surface area contributed by atoms with Crippen molar-refractivity contribution in [1.29, 1.82) is 0 Å². The van der Waals surface area contributed by atoms with Crippen LogP contribution in [-0.4, -0.2) is 20.6 Å². The zero-order valence-electron chi connectivity index (χ0n) is 16.5. The van der Waals surface area contributed by atoms with Crippen LogP contribution in [0.3, 0.4) is 0 Å². The molecule has 2 aromatic carbocycles. The minimum atomic E-state index is -1.10. The van der Waals surface area contributed by atoms with Gasteiger partial charge in [-0.25, -0.2) is 0 Å². The Labute approximate surface area is 167 Å². The van der Waals surface area contributed by atoms with Gasteiger partial charge in [0.25, 0.3) is 5.56 Å². The van der Waals surface area contributed by atoms with Crippen molar-refractivity contribution in [2.75, 3.05) is 6.61 Å². The second kappa shape index (κ2) is 7.55. The number of aryl methyl sites for hydroxylation is 1. The molecule has 1 unspecified atom stereocenters. The third-order valence-electron chi connectivity index (χ3n) is 5.16. The van der Waals surface area contributed by atoms with Gasteiger partial charge >= 0.3 is 0 Å². The summed E-state index contributed by atoms with van der Waals surface area (Å²) in [6.07, 6.45) is 4.28. The Morgan fingerprint density at radius 3 is 2.50 bits per heavy atom. The highest BCUT2D eigenvalue weighted by molar-refractivity contribution is 7.85. The lowest BCUT2D eigenvalue weighted by Crippen LogP contribution is -2.16. The van der Waals surface area contributed by atoms with Gasteiger partial charge < -0.3 is 9.30 Å². The normalized spacial score (nSPS) is 15.1. The molecule has 4 rings (SSSR count). The molecule has 0 amide bonds. The van der Waals surface area contributed by atoms with E-state index in [0.717, 1.165) is 27.2 Å². The molecule has 0 radical (unpaired) electrons. The summed E-state index contributed by atoms with van der Waals surface area (Å²) >= 11 is 0. The number of aromatic nitrogens is 1. The van der Waals surface area contributed by atoms with Gasteiger partial charge in [0.2, 0.25) is 0 Å². The summed E-state index contributed by atoms with van der Waals surface area (Å²) in [5.41, 5.74) is 1.78. The summed E-state index contributed by atoms with van der Waals surface area (Å²) in [4.78, 5) is 13.3. The zero-order chi connectivity index (χ0) is 19.8. The molecule has 3 aromatic rings. The number of hydrogen-bond acceptors (Lipinski definition) is 3. The molecular formula is C23H25NO3S. The Kier molecular flexibility index (Phi) is 5.11. The summed E-state index contributed by atoms with van der Waals surface area (Å²) in [6.45, 7) is 4.60. The molecule has 0 bridgehead atoms. The van der Waals surface area contributed by atoms with Crippen LogP contribution in [0.4, 0.5) is 0 Å².